The predicted octanol–water partition coefficient (Wildman–Crippen LogP) is 7.02. The fourth-order valence-electron chi connectivity index (χ4n) is 1.00. The highest BCUT2D eigenvalue weighted by Gasteiger charge is 1.95. The molecule has 0 aliphatic carbocycles. The number of rotatable bonds is 5. The van der Waals surface area contributed by atoms with Gasteiger partial charge < -0.3 is 0 Å². The Balaban J connectivity index is -0.000000121. The Morgan fingerprint density at radius 1 is 1.00 bits per heavy atom. The molecule has 0 N–H and O–H groups in total. The van der Waals surface area contributed by atoms with Gasteiger partial charge in [0.05, 0.1) is 0 Å². The maximum atomic E-state index is 3.79. The van der Waals surface area contributed by atoms with Crippen molar-refractivity contribution >= 4 is 0 Å². The second kappa shape index (κ2) is 29.6. The zero-order valence-electron chi connectivity index (χ0n) is 14.1. The smallest absolute Gasteiger partial charge is 0.0280 e. The molecule has 0 aliphatic rings. The molecule has 0 nitrogen and oxygen atoms in total. The van der Waals surface area contributed by atoms with Crippen molar-refractivity contribution in [1.82, 2.24) is 0 Å². The highest BCUT2D eigenvalue weighted by Crippen LogP contribution is 2.12. The first kappa shape index (κ1) is 25.4. The summed E-state index contributed by atoms with van der Waals surface area (Å²) in [5.41, 5.74) is 1.40. The first-order valence-corrected chi connectivity index (χ1v) is 7.52. The van der Waals surface area contributed by atoms with E-state index in [0.29, 0.717) is 0 Å². The molecule has 0 saturated heterocycles. The molecular formula is C17H38. The minimum absolute atomic E-state index is 0.801. The first-order chi connectivity index (χ1) is 8.20. The minimum Gasteiger partial charge on any atom is -0.0988 e. The molecule has 0 aromatic carbocycles. The Labute approximate surface area is 112 Å². The molecule has 0 heterocycles. The largest absolute Gasteiger partial charge is 0.0988 e. The quantitative estimate of drug-likeness (QED) is 0.454. The van der Waals surface area contributed by atoms with E-state index in [1.807, 2.05) is 47.6 Å². The summed E-state index contributed by atoms with van der Waals surface area (Å²) in [6, 6.07) is 0. The molecule has 0 unspecified atom stereocenters. The molecule has 0 radical (unpaired) electrons. The molecule has 0 bridgehead atoms. The molecule has 0 atom stereocenters. The van der Waals surface area contributed by atoms with Crippen LogP contribution >= 0.6 is 0 Å². The molecule has 0 spiro atoms. The van der Waals surface area contributed by atoms with Gasteiger partial charge >= 0.3 is 0 Å². The molecule has 0 rings (SSSR count). The van der Waals surface area contributed by atoms with Crippen LogP contribution in [0.2, 0.25) is 0 Å². The maximum absolute atomic E-state index is 3.79. The van der Waals surface area contributed by atoms with Crippen LogP contribution in [0.3, 0.4) is 0 Å². The van der Waals surface area contributed by atoms with Gasteiger partial charge in [-0.3, -0.25) is 0 Å². The lowest BCUT2D eigenvalue weighted by atomic mass is 10.0. The van der Waals surface area contributed by atoms with E-state index < -0.39 is 0 Å². The standard InChI is InChI=1S/C11H20.3C2H6/c1-5-7-11(6-2)9-8-10(3)4;3*1-2/h6-7,10H,2,5,8-9H2,1,3-4H3;3*1-2H3/b11-7+;;;. The van der Waals surface area contributed by atoms with Gasteiger partial charge in [-0.15, -0.1) is 0 Å². The Morgan fingerprint density at radius 3 is 1.65 bits per heavy atom. The fourth-order valence-corrected chi connectivity index (χ4v) is 1.00. The molecule has 0 aliphatic heterocycles. The second-order valence-corrected chi connectivity index (χ2v) is 3.32. The Kier molecular flexibility index (Phi) is 44.1. The first-order valence-electron chi connectivity index (χ1n) is 7.52. The molecule has 0 aromatic heterocycles. The summed E-state index contributed by atoms with van der Waals surface area (Å²) in [5, 5.41) is 0. The van der Waals surface area contributed by atoms with E-state index >= 15 is 0 Å². The van der Waals surface area contributed by atoms with Crippen LogP contribution in [0.25, 0.3) is 0 Å². The summed E-state index contributed by atoms with van der Waals surface area (Å²) in [4.78, 5) is 0. The van der Waals surface area contributed by atoms with Gasteiger partial charge in [0.15, 0.2) is 0 Å². The van der Waals surface area contributed by atoms with Gasteiger partial charge in [0.25, 0.3) is 0 Å². The molecule has 0 aromatic rings. The van der Waals surface area contributed by atoms with Gasteiger partial charge in [-0.2, -0.15) is 0 Å². The molecule has 17 heavy (non-hydrogen) atoms. The number of allylic oxidation sites excluding steroid dienone is 3. The van der Waals surface area contributed by atoms with Crippen LogP contribution in [0.4, 0.5) is 0 Å². The third-order valence-corrected chi connectivity index (χ3v) is 1.74. The molecule has 106 valence electrons. The summed E-state index contributed by atoms with van der Waals surface area (Å²) in [7, 11) is 0. The summed E-state index contributed by atoms with van der Waals surface area (Å²) in [6.45, 7) is 22.5. The lowest BCUT2D eigenvalue weighted by Gasteiger charge is -2.04. The summed E-state index contributed by atoms with van der Waals surface area (Å²) in [5.74, 6) is 0.801. The molecule has 0 amide bonds. The van der Waals surface area contributed by atoms with Crippen molar-refractivity contribution in [3.8, 4) is 0 Å². The Bertz CT molecular complexity index is 129. The SMILES string of the molecule is C=C/C(=C\CC)CCC(C)C.CC.CC.CC. The predicted molar refractivity (Wildman–Crippen MR) is 86.7 cm³/mol. The van der Waals surface area contributed by atoms with Crippen LogP contribution in [0.1, 0.15) is 81.6 Å². The minimum atomic E-state index is 0.801. The van der Waals surface area contributed by atoms with Crippen molar-refractivity contribution in [3.63, 3.8) is 0 Å². The van der Waals surface area contributed by atoms with Crippen LogP contribution < -0.4 is 0 Å². The number of hydrogen-bond donors (Lipinski definition) is 0. The van der Waals surface area contributed by atoms with E-state index in [2.05, 4.69) is 33.4 Å². The van der Waals surface area contributed by atoms with E-state index in [1.54, 1.807) is 0 Å². The molecule has 0 fully saturated rings. The van der Waals surface area contributed by atoms with Crippen molar-refractivity contribution in [2.24, 2.45) is 5.92 Å². The number of hydrogen-bond acceptors (Lipinski definition) is 0. The molecule has 0 saturated carbocycles. The van der Waals surface area contributed by atoms with E-state index in [1.165, 1.54) is 18.4 Å². The van der Waals surface area contributed by atoms with Gasteiger partial charge in [-0.1, -0.05) is 86.6 Å². The summed E-state index contributed by atoms with van der Waals surface area (Å²) >= 11 is 0. The summed E-state index contributed by atoms with van der Waals surface area (Å²) in [6.07, 6.45) is 7.83. The molecular weight excluding hydrogens is 204 g/mol. The Morgan fingerprint density at radius 2 is 1.41 bits per heavy atom. The van der Waals surface area contributed by atoms with Crippen molar-refractivity contribution in [3.05, 3.63) is 24.3 Å². The highest BCUT2D eigenvalue weighted by atomic mass is 14.0. The monoisotopic (exact) mass is 242 g/mol. The van der Waals surface area contributed by atoms with E-state index in [-0.39, 0.29) is 0 Å². The third kappa shape index (κ3) is 31.3. The van der Waals surface area contributed by atoms with Crippen LogP contribution in [0.15, 0.2) is 24.3 Å². The van der Waals surface area contributed by atoms with Crippen LogP contribution in [0, 0.1) is 5.92 Å². The fraction of sp³-hybridized carbons (Fsp3) is 0.765. The summed E-state index contributed by atoms with van der Waals surface area (Å²) < 4.78 is 0. The zero-order chi connectivity index (χ0) is 14.7. The van der Waals surface area contributed by atoms with Crippen LogP contribution in [-0.2, 0) is 0 Å². The average Bonchev–Trinajstić information content (AvgIpc) is 2.41. The lowest BCUT2D eigenvalue weighted by Crippen LogP contribution is -1.88. The van der Waals surface area contributed by atoms with Gasteiger partial charge in [-0.25, -0.2) is 0 Å². The van der Waals surface area contributed by atoms with Crippen LogP contribution in [-0.4, -0.2) is 0 Å². The maximum Gasteiger partial charge on any atom is -0.0280 e. The van der Waals surface area contributed by atoms with Gasteiger partial charge in [0, 0.05) is 0 Å². The van der Waals surface area contributed by atoms with Crippen molar-refractivity contribution < 1.29 is 0 Å². The topological polar surface area (TPSA) is 0 Å². The van der Waals surface area contributed by atoms with Crippen molar-refractivity contribution in [2.45, 2.75) is 81.6 Å². The van der Waals surface area contributed by atoms with Crippen molar-refractivity contribution in [2.75, 3.05) is 0 Å². The van der Waals surface area contributed by atoms with Gasteiger partial charge in [0.2, 0.25) is 0 Å². The van der Waals surface area contributed by atoms with E-state index in [4.69, 9.17) is 0 Å². The van der Waals surface area contributed by atoms with E-state index in [0.717, 1.165) is 12.3 Å². The average molecular weight is 242 g/mol. The highest BCUT2D eigenvalue weighted by molar-refractivity contribution is 5.15. The second-order valence-electron chi connectivity index (χ2n) is 3.32. The van der Waals surface area contributed by atoms with Gasteiger partial charge in [-0.05, 0) is 25.2 Å². The van der Waals surface area contributed by atoms with Gasteiger partial charge in [0.1, 0.15) is 0 Å². The van der Waals surface area contributed by atoms with Crippen molar-refractivity contribution in [1.29, 1.82) is 0 Å². The zero-order valence-corrected chi connectivity index (χ0v) is 14.1. The normalized spacial score (nSPS) is 8.94. The lowest BCUT2D eigenvalue weighted by molar-refractivity contribution is 0.587. The van der Waals surface area contributed by atoms with Crippen LogP contribution in [0.5, 0.6) is 0 Å². The third-order valence-electron chi connectivity index (χ3n) is 1.74. The van der Waals surface area contributed by atoms with E-state index in [9.17, 15) is 0 Å². The Hall–Kier alpha value is -0.520. The molecule has 0 heteroatoms.